The second-order valence-electron chi connectivity index (χ2n) is 4.86. The molecule has 2 heterocycles. The molecule has 3 nitrogen and oxygen atoms in total. The number of fused-ring (bicyclic) bond motifs is 2. The average Bonchev–Trinajstić information content (AvgIpc) is 2.95. The standard InChI is InChI=1S/C17H13NO2/c1-3-13-5-2-8-18-17(13)14(4-1)9-12-6-7-15-16(10-12)20-11-19-15/h1-8,10H,9,11H2. The van der Waals surface area contributed by atoms with Crippen molar-refractivity contribution in [2.45, 2.75) is 6.42 Å². The molecule has 0 amide bonds. The fourth-order valence-electron chi connectivity index (χ4n) is 2.58. The summed E-state index contributed by atoms with van der Waals surface area (Å²) >= 11 is 0. The zero-order chi connectivity index (χ0) is 13.4. The van der Waals surface area contributed by atoms with Crippen LogP contribution in [0.3, 0.4) is 0 Å². The minimum absolute atomic E-state index is 0.314. The number of hydrogen-bond donors (Lipinski definition) is 0. The molecule has 3 aromatic rings. The van der Waals surface area contributed by atoms with Crippen LogP contribution < -0.4 is 9.47 Å². The van der Waals surface area contributed by atoms with E-state index in [1.165, 1.54) is 16.5 Å². The fourth-order valence-corrected chi connectivity index (χ4v) is 2.58. The topological polar surface area (TPSA) is 31.4 Å². The van der Waals surface area contributed by atoms with Gasteiger partial charge in [0.05, 0.1) is 5.52 Å². The van der Waals surface area contributed by atoms with Gasteiger partial charge >= 0.3 is 0 Å². The van der Waals surface area contributed by atoms with E-state index in [1.54, 1.807) is 0 Å². The van der Waals surface area contributed by atoms with Crippen LogP contribution in [0.5, 0.6) is 11.5 Å². The Morgan fingerprint density at radius 1 is 0.950 bits per heavy atom. The maximum Gasteiger partial charge on any atom is 0.231 e. The van der Waals surface area contributed by atoms with Gasteiger partial charge in [-0.1, -0.05) is 30.3 Å². The third-order valence-corrected chi connectivity index (χ3v) is 3.55. The largest absolute Gasteiger partial charge is 0.454 e. The van der Waals surface area contributed by atoms with Crippen molar-refractivity contribution in [3.8, 4) is 11.5 Å². The molecule has 0 radical (unpaired) electrons. The van der Waals surface area contributed by atoms with Gasteiger partial charge in [-0.25, -0.2) is 0 Å². The second kappa shape index (κ2) is 4.53. The number of nitrogens with zero attached hydrogens (tertiary/aromatic N) is 1. The molecule has 2 aromatic carbocycles. The first-order valence-electron chi connectivity index (χ1n) is 6.61. The summed E-state index contributed by atoms with van der Waals surface area (Å²) < 4.78 is 10.8. The summed E-state index contributed by atoms with van der Waals surface area (Å²) in [6, 6.07) is 16.4. The molecule has 0 atom stereocenters. The first-order chi connectivity index (χ1) is 9.90. The molecule has 0 fully saturated rings. The van der Waals surface area contributed by atoms with Gasteiger partial charge in [0.2, 0.25) is 6.79 Å². The SMILES string of the molecule is c1cnc2c(Cc3ccc4c(c3)OCO4)cccc2c1. The van der Waals surface area contributed by atoms with E-state index in [1.807, 2.05) is 24.4 Å². The van der Waals surface area contributed by atoms with Crippen molar-refractivity contribution in [1.29, 1.82) is 0 Å². The van der Waals surface area contributed by atoms with Crippen LogP contribution in [-0.4, -0.2) is 11.8 Å². The highest BCUT2D eigenvalue weighted by molar-refractivity contribution is 5.81. The Morgan fingerprint density at radius 2 is 1.85 bits per heavy atom. The second-order valence-corrected chi connectivity index (χ2v) is 4.86. The molecule has 98 valence electrons. The summed E-state index contributed by atoms with van der Waals surface area (Å²) in [5.41, 5.74) is 3.49. The average molecular weight is 263 g/mol. The van der Waals surface area contributed by atoms with Crippen LogP contribution in [0.15, 0.2) is 54.7 Å². The summed E-state index contributed by atoms with van der Waals surface area (Å²) in [5.74, 6) is 1.65. The van der Waals surface area contributed by atoms with Crippen LogP contribution in [-0.2, 0) is 6.42 Å². The van der Waals surface area contributed by atoms with Gasteiger partial charge in [-0.05, 0) is 35.7 Å². The summed E-state index contributed by atoms with van der Waals surface area (Å²) in [7, 11) is 0. The summed E-state index contributed by atoms with van der Waals surface area (Å²) in [6.07, 6.45) is 2.68. The van der Waals surface area contributed by atoms with E-state index in [-0.39, 0.29) is 0 Å². The Labute approximate surface area is 116 Å². The molecule has 0 N–H and O–H groups in total. The molecule has 0 spiro atoms. The molecule has 0 saturated heterocycles. The number of pyridine rings is 1. The first-order valence-corrected chi connectivity index (χ1v) is 6.61. The number of benzene rings is 2. The van der Waals surface area contributed by atoms with Gasteiger partial charge in [0.15, 0.2) is 11.5 Å². The van der Waals surface area contributed by atoms with Gasteiger partial charge in [-0.15, -0.1) is 0 Å². The van der Waals surface area contributed by atoms with Gasteiger partial charge in [-0.2, -0.15) is 0 Å². The maximum absolute atomic E-state index is 5.43. The minimum Gasteiger partial charge on any atom is -0.454 e. The predicted octanol–water partition coefficient (Wildman–Crippen LogP) is 3.55. The highest BCUT2D eigenvalue weighted by atomic mass is 16.7. The van der Waals surface area contributed by atoms with Gasteiger partial charge in [-0.3, -0.25) is 4.98 Å². The highest BCUT2D eigenvalue weighted by Gasteiger charge is 2.13. The lowest BCUT2D eigenvalue weighted by Gasteiger charge is -2.06. The molecule has 1 aliphatic rings. The lowest BCUT2D eigenvalue weighted by molar-refractivity contribution is 0.174. The molecule has 0 saturated carbocycles. The Morgan fingerprint density at radius 3 is 2.85 bits per heavy atom. The van der Waals surface area contributed by atoms with Crippen molar-refractivity contribution in [3.05, 3.63) is 65.9 Å². The van der Waals surface area contributed by atoms with E-state index in [2.05, 4.69) is 35.3 Å². The van der Waals surface area contributed by atoms with E-state index in [9.17, 15) is 0 Å². The summed E-state index contributed by atoms with van der Waals surface area (Å²) in [4.78, 5) is 4.49. The number of ether oxygens (including phenoxy) is 2. The Balaban J connectivity index is 1.74. The molecule has 1 aromatic heterocycles. The quantitative estimate of drug-likeness (QED) is 0.708. The Kier molecular flexibility index (Phi) is 2.56. The fraction of sp³-hybridized carbons (Fsp3) is 0.118. The molecule has 0 aliphatic carbocycles. The third kappa shape index (κ3) is 1.88. The van der Waals surface area contributed by atoms with E-state index >= 15 is 0 Å². The van der Waals surface area contributed by atoms with Crippen molar-refractivity contribution < 1.29 is 9.47 Å². The Bertz CT molecular complexity index is 778. The van der Waals surface area contributed by atoms with Crippen molar-refractivity contribution in [2.75, 3.05) is 6.79 Å². The van der Waals surface area contributed by atoms with Crippen LogP contribution in [0, 0.1) is 0 Å². The van der Waals surface area contributed by atoms with E-state index in [0.717, 1.165) is 23.4 Å². The normalized spacial score (nSPS) is 12.8. The number of hydrogen-bond acceptors (Lipinski definition) is 3. The zero-order valence-corrected chi connectivity index (χ0v) is 10.9. The van der Waals surface area contributed by atoms with Crippen molar-refractivity contribution in [1.82, 2.24) is 4.98 Å². The highest BCUT2D eigenvalue weighted by Crippen LogP contribution is 2.33. The van der Waals surface area contributed by atoms with Crippen LogP contribution in [0.25, 0.3) is 10.9 Å². The molecule has 20 heavy (non-hydrogen) atoms. The van der Waals surface area contributed by atoms with Gasteiger partial charge in [0.25, 0.3) is 0 Å². The monoisotopic (exact) mass is 263 g/mol. The van der Waals surface area contributed by atoms with E-state index in [4.69, 9.17) is 9.47 Å². The van der Waals surface area contributed by atoms with Crippen LogP contribution in [0.1, 0.15) is 11.1 Å². The van der Waals surface area contributed by atoms with Crippen LogP contribution in [0.2, 0.25) is 0 Å². The molecule has 4 rings (SSSR count). The van der Waals surface area contributed by atoms with Gasteiger partial charge in [0, 0.05) is 11.6 Å². The van der Waals surface area contributed by atoms with Crippen molar-refractivity contribution in [3.63, 3.8) is 0 Å². The minimum atomic E-state index is 0.314. The maximum atomic E-state index is 5.43. The lowest BCUT2D eigenvalue weighted by Crippen LogP contribution is -1.93. The lowest BCUT2D eigenvalue weighted by atomic mass is 10.0. The number of aromatic nitrogens is 1. The summed E-state index contributed by atoms with van der Waals surface area (Å²) in [5, 5.41) is 1.17. The van der Waals surface area contributed by atoms with Crippen molar-refractivity contribution in [2.24, 2.45) is 0 Å². The van der Waals surface area contributed by atoms with E-state index < -0.39 is 0 Å². The molecule has 3 heteroatoms. The van der Waals surface area contributed by atoms with Gasteiger partial charge < -0.3 is 9.47 Å². The molecular formula is C17H13NO2. The Hall–Kier alpha value is -2.55. The van der Waals surface area contributed by atoms with Crippen LogP contribution >= 0.6 is 0 Å². The van der Waals surface area contributed by atoms with E-state index in [0.29, 0.717) is 6.79 Å². The van der Waals surface area contributed by atoms with Crippen molar-refractivity contribution >= 4 is 10.9 Å². The third-order valence-electron chi connectivity index (χ3n) is 3.55. The smallest absolute Gasteiger partial charge is 0.231 e. The zero-order valence-electron chi connectivity index (χ0n) is 10.9. The molecule has 1 aliphatic heterocycles. The molecule has 0 unspecified atom stereocenters. The van der Waals surface area contributed by atoms with Gasteiger partial charge in [0.1, 0.15) is 0 Å². The number of rotatable bonds is 2. The van der Waals surface area contributed by atoms with Crippen LogP contribution in [0.4, 0.5) is 0 Å². The molecular weight excluding hydrogens is 250 g/mol. The summed E-state index contributed by atoms with van der Waals surface area (Å²) in [6.45, 7) is 0.314. The predicted molar refractivity (Wildman–Crippen MR) is 77.1 cm³/mol. The molecule has 0 bridgehead atoms. The number of para-hydroxylation sites is 1. The first kappa shape index (κ1) is 11.3.